The fourth-order valence-corrected chi connectivity index (χ4v) is 5.48. The van der Waals surface area contributed by atoms with Gasteiger partial charge in [-0.15, -0.1) is 0 Å². The number of sulfonamides is 1. The molecular weight excluding hydrogens is 549 g/mol. The summed E-state index contributed by atoms with van der Waals surface area (Å²) in [7, 11) is -4.14. The number of amides is 2. The molecule has 1 N–H and O–H groups in total. The van der Waals surface area contributed by atoms with Crippen molar-refractivity contribution >= 4 is 33.6 Å². The van der Waals surface area contributed by atoms with E-state index in [-0.39, 0.29) is 46.8 Å². The van der Waals surface area contributed by atoms with E-state index in [1.165, 1.54) is 30.3 Å². The molecule has 1 fully saturated rings. The minimum atomic E-state index is -4.14. The third kappa shape index (κ3) is 9.36. The quantitative estimate of drug-likeness (QED) is 0.493. The molecule has 0 radical (unpaired) electrons. The molecular formula is C27H35ClFN3O6S. The Kier molecular flexibility index (Phi) is 9.84. The molecule has 0 spiro atoms. The average molecular weight is 584 g/mol. The van der Waals surface area contributed by atoms with Crippen molar-refractivity contribution in [3.63, 3.8) is 0 Å². The Hall–Kier alpha value is -2.89. The summed E-state index contributed by atoms with van der Waals surface area (Å²) in [6, 6.07) is 10.8. The summed E-state index contributed by atoms with van der Waals surface area (Å²) < 4.78 is 51.1. The standard InChI is InChI=1S/C27H35ClFN3O6S/c1-18-14-32(19(2)13-31(18)15-20-6-9-23(29)10-7-20)25(33)16-37-24-11-8-22(28)12-21(24)17-39(35,36)30-26(34)38-27(3,4)5/h6-12,18-19H,13-17H2,1-5H3,(H,30,34)/t18-,19+/m0/s1. The molecule has 0 aliphatic carbocycles. The molecule has 3 rings (SSSR count). The smallest absolute Gasteiger partial charge is 0.421 e. The normalized spacial score (nSPS) is 18.5. The second kappa shape index (κ2) is 12.5. The summed E-state index contributed by atoms with van der Waals surface area (Å²) in [4.78, 5) is 29.0. The second-order valence-electron chi connectivity index (χ2n) is 10.7. The fraction of sp³-hybridized carbons (Fsp3) is 0.481. The number of nitrogens with zero attached hydrogens (tertiary/aromatic N) is 2. The summed E-state index contributed by atoms with van der Waals surface area (Å²) in [6.45, 7) is 10.3. The van der Waals surface area contributed by atoms with Crippen molar-refractivity contribution in [3.8, 4) is 5.75 Å². The van der Waals surface area contributed by atoms with Crippen LogP contribution in [-0.4, -0.2) is 67.6 Å². The minimum Gasteiger partial charge on any atom is -0.483 e. The third-order valence-corrected chi connectivity index (χ3v) is 7.50. The number of hydrogen-bond donors (Lipinski definition) is 1. The van der Waals surface area contributed by atoms with Crippen molar-refractivity contribution in [3.05, 3.63) is 64.4 Å². The molecule has 1 saturated heterocycles. The lowest BCUT2D eigenvalue weighted by Gasteiger charge is -2.44. The lowest BCUT2D eigenvalue weighted by Crippen LogP contribution is -2.58. The maximum atomic E-state index is 13.2. The van der Waals surface area contributed by atoms with E-state index in [1.807, 2.05) is 18.6 Å². The summed E-state index contributed by atoms with van der Waals surface area (Å²) in [5, 5.41) is 0.274. The maximum Gasteiger partial charge on any atom is 0.421 e. The Balaban J connectivity index is 1.62. The fourth-order valence-electron chi connectivity index (χ4n) is 4.28. The third-order valence-electron chi connectivity index (χ3n) is 6.09. The Bertz CT molecular complexity index is 1280. The zero-order chi connectivity index (χ0) is 29.0. The zero-order valence-electron chi connectivity index (χ0n) is 22.7. The molecule has 0 aromatic heterocycles. The van der Waals surface area contributed by atoms with Gasteiger partial charge in [0.15, 0.2) is 6.61 Å². The first kappa shape index (κ1) is 30.6. The molecule has 1 aliphatic rings. The van der Waals surface area contributed by atoms with E-state index in [0.717, 1.165) is 5.56 Å². The lowest BCUT2D eigenvalue weighted by molar-refractivity contribution is -0.139. The van der Waals surface area contributed by atoms with Gasteiger partial charge >= 0.3 is 6.09 Å². The molecule has 0 unspecified atom stereocenters. The molecule has 214 valence electrons. The van der Waals surface area contributed by atoms with Crippen LogP contribution in [0, 0.1) is 5.82 Å². The van der Waals surface area contributed by atoms with Crippen molar-refractivity contribution in [2.45, 2.75) is 64.6 Å². The van der Waals surface area contributed by atoms with Gasteiger partial charge in [-0.3, -0.25) is 9.69 Å². The first-order valence-electron chi connectivity index (χ1n) is 12.5. The first-order valence-corrected chi connectivity index (χ1v) is 14.6. The van der Waals surface area contributed by atoms with Gasteiger partial charge in [-0.05, 0) is 70.5 Å². The summed E-state index contributed by atoms with van der Waals surface area (Å²) in [5.41, 5.74) is 0.313. The highest BCUT2D eigenvalue weighted by Gasteiger charge is 2.32. The molecule has 2 aromatic carbocycles. The Morgan fingerprint density at radius 2 is 1.74 bits per heavy atom. The van der Waals surface area contributed by atoms with Gasteiger partial charge in [0.1, 0.15) is 17.2 Å². The van der Waals surface area contributed by atoms with Crippen molar-refractivity contribution in [1.82, 2.24) is 14.5 Å². The van der Waals surface area contributed by atoms with Gasteiger partial charge in [0.25, 0.3) is 5.91 Å². The highest BCUT2D eigenvalue weighted by atomic mass is 35.5. The number of nitrogens with one attached hydrogen (secondary N) is 1. The number of benzene rings is 2. The molecule has 9 nitrogen and oxygen atoms in total. The highest BCUT2D eigenvalue weighted by Crippen LogP contribution is 2.26. The van der Waals surface area contributed by atoms with Crippen LogP contribution in [0.2, 0.25) is 5.02 Å². The van der Waals surface area contributed by atoms with Gasteiger partial charge in [-0.2, -0.15) is 0 Å². The average Bonchev–Trinajstić information content (AvgIpc) is 2.80. The van der Waals surface area contributed by atoms with E-state index in [4.69, 9.17) is 21.1 Å². The second-order valence-corrected chi connectivity index (χ2v) is 12.9. The Morgan fingerprint density at radius 1 is 1.08 bits per heavy atom. The van der Waals surface area contributed by atoms with Crippen LogP contribution < -0.4 is 9.46 Å². The molecule has 2 amide bonds. The van der Waals surface area contributed by atoms with Crippen LogP contribution in [0.15, 0.2) is 42.5 Å². The Labute approximate surface area is 234 Å². The van der Waals surface area contributed by atoms with Gasteiger partial charge in [0.05, 0.1) is 5.75 Å². The zero-order valence-corrected chi connectivity index (χ0v) is 24.3. The van der Waals surface area contributed by atoms with E-state index in [9.17, 15) is 22.4 Å². The minimum absolute atomic E-state index is 0.0605. The molecule has 12 heteroatoms. The highest BCUT2D eigenvalue weighted by molar-refractivity contribution is 7.89. The number of ether oxygens (including phenoxy) is 2. The summed E-state index contributed by atoms with van der Waals surface area (Å²) in [5.74, 6) is -0.966. The Morgan fingerprint density at radius 3 is 2.38 bits per heavy atom. The van der Waals surface area contributed by atoms with E-state index in [2.05, 4.69) is 4.90 Å². The van der Waals surface area contributed by atoms with Gasteiger partial charge in [-0.1, -0.05) is 23.7 Å². The number of rotatable bonds is 8. The van der Waals surface area contributed by atoms with E-state index in [0.29, 0.717) is 19.6 Å². The monoisotopic (exact) mass is 583 g/mol. The number of carbonyl (C=O) groups is 2. The van der Waals surface area contributed by atoms with E-state index in [1.54, 1.807) is 37.8 Å². The topological polar surface area (TPSA) is 105 Å². The molecule has 0 saturated carbocycles. The van der Waals surface area contributed by atoms with Crippen LogP contribution in [0.25, 0.3) is 0 Å². The summed E-state index contributed by atoms with van der Waals surface area (Å²) >= 11 is 6.08. The van der Waals surface area contributed by atoms with Gasteiger partial charge < -0.3 is 14.4 Å². The van der Waals surface area contributed by atoms with Crippen LogP contribution in [-0.2, 0) is 31.9 Å². The van der Waals surface area contributed by atoms with Gasteiger partial charge in [0.2, 0.25) is 10.0 Å². The van der Waals surface area contributed by atoms with Crippen molar-refractivity contribution in [2.24, 2.45) is 0 Å². The molecule has 39 heavy (non-hydrogen) atoms. The van der Waals surface area contributed by atoms with Crippen LogP contribution in [0.3, 0.4) is 0 Å². The first-order chi connectivity index (χ1) is 18.1. The molecule has 2 aromatic rings. The maximum absolute atomic E-state index is 13.2. The number of piperazine rings is 1. The van der Waals surface area contributed by atoms with Crippen molar-refractivity contribution in [1.29, 1.82) is 0 Å². The molecule has 1 aliphatic heterocycles. The molecule has 1 heterocycles. The molecule has 0 bridgehead atoms. The van der Waals surface area contributed by atoms with Crippen molar-refractivity contribution in [2.75, 3.05) is 19.7 Å². The van der Waals surface area contributed by atoms with Crippen LogP contribution >= 0.6 is 11.6 Å². The number of carbonyl (C=O) groups excluding carboxylic acids is 2. The van der Waals surface area contributed by atoms with E-state index < -0.39 is 27.5 Å². The van der Waals surface area contributed by atoms with Crippen LogP contribution in [0.4, 0.5) is 9.18 Å². The van der Waals surface area contributed by atoms with Crippen LogP contribution in [0.1, 0.15) is 45.7 Å². The van der Waals surface area contributed by atoms with Crippen molar-refractivity contribution < 1.29 is 31.9 Å². The SMILES string of the molecule is C[C@@H]1CN(Cc2ccc(F)cc2)[C@@H](C)CN1C(=O)COc1ccc(Cl)cc1CS(=O)(=O)NC(=O)OC(C)(C)C. The van der Waals surface area contributed by atoms with Gasteiger partial charge in [0, 0.05) is 42.3 Å². The number of halogens is 2. The predicted molar refractivity (Wildman–Crippen MR) is 146 cm³/mol. The van der Waals surface area contributed by atoms with Crippen LogP contribution in [0.5, 0.6) is 5.75 Å². The number of hydrogen-bond acceptors (Lipinski definition) is 7. The summed E-state index contributed by atoms with van der Waals surface area (Å²) in [6.07, 6.45) is -1.09. The lowest BCUT2D eigenvalue weighted by atomic mass is 10.1. The van der Waals surface area contributed by atoms with Gasteiger partial charge in [-0.25, -0.2) is 22.3 Å². The predicted octanol–water partition coefficient (Wildman–Crippen LogP) is 4.33. The van der Waals surface area contributed by atoms with E-state index >= 15 is 0 Å². The largest absolute Gasteiger partial charge is 0.483 e. The molecule has 2 atom stereocenters.